The molecular weight excluding hydrogens is 338 g/mol. The van der Waals surface area contributed by atoms with Crippen LogP contribution in [0, 0.1) is 0 Å². The third kappa shape index (κ3) is 4.80. The Hall–Kier alpha value is -2.98. The van der Waals surface area contributed by atoms with Crippen LogP contribution >= 0.6 is 0 Å². The van der Waals surface area contributed by atoms with Gasteiger partial charge in [0.1, 0.15) is 25.6 Å². The summed E-state index contributed by atoms with van der Waals surface area (Å²) >= 11 is 0. The van der Waals surface area contributed by atoms with Crippen LogP contribution in [0.3, 0.4) is 0 Å². The summed E-state index contributed by atoms with van der Waals surface area (Å²) in [6, 6.07) is 24.6. The second-order valence-electron chi connectivity index (χ2n) is 6.50. The smallest absolute Gasteiger partial charge is 0.161 e. The molecule has 138 valence electrons. The number of fused-ring (bicyclic) bond motifs is 1. The van der Waals surface area contributed by atoms with Crippen molar-refractivity contribution >= 4 is 0 Å². The highest BCUT2D eigenvalue weighted by Gasteiger charge is 2.11. The Morgan fingerprint density at radius 1 is 0.704 bits per heavy atom. The van der Waals surface area contributed by atoms with E-state index in [4.69, 9.17) is 14.2 Å². The van der Waals surface area contributed by atoms with Crippen molar-refractivity contribution in [3.63, 3.8) is 0 Å². The van der Waals surface area contributed by atoms with E-state index in [1.165, 1.54) is 11.1 Å². The van der Waals surface area contributed by atoms with Gasteiger partial charge in [0.2, 0.25) is 0 Å². The number of benzene rings is 3. The van der Waals surface area contributed by atoms with Gasteiger partial charge in [0.15, 0.2) is 11.5 Å². The first kappa shape index (κ1) is 17.4. The quantitative estimate of drug-likeness (QED) is 0.680. The Bertz CT molecular complexity index is 863. The Morgan fingerprint density at radius 2 is 1.37 bits per heavy atom. The lowest BCUT2D eigenvalue weighted by Gasteiger charge is -2.19. The fourth-order valence-corrected chi connectivity index (χ4v) is 2.99. The van der Waals surface area contributed by atoms with E-state index in [0.717, 1.165) is 35.9 Å². The normalized spacial score (nSPS) is 12.6. The molecule has 0 spiro atoms. The number of ether oxygens (including phenoxy) is 3. The predicted octanol–water partition coefficient (Wildman–Crippen LogP) is 4.33. The van der Waals surface area contributed by atoms with Crippen molar-refractivity contribution in [2.24, 2.45) is 0 Å². The van der Waals surface area contributed by atoms with E-state index in [9.17, 15) is 0 Å². The summed E-state index contributed by atoms with van der Waals surface area (Å²) in [7, 11) is 0. The topological polar surface area (TPSA) is 39.7 Å². The molecule has 0 bridgehead atoms. The zero-order valence-electron chi connectivity index (χ0n) is 15.2. The number of rotatable bonds is 7. The van der Waals surface area contributed by atoms with E-state index in [-0.39, 0.29) is 0 Å². The highest BCUT2D eigenvalue weighted by Crippen LogP contribution is 2.31. The van der Waals surface area contributed by atoms with Gasteiger partial charge >= 0.3 is 0 Å². The molecule has 0 saturated carbocycles. The largest absolute Gasteiger partial charge is 0.489 e. The molecule has 1 aliphatic heterocycles. The van der Waals surface area contributed by atoms with Gasteiger partial charge in [0.05, 0.1) is 0 Å². The summed E-state index contributed by atoms with van der Waals surface area (Å²) in [6.45, 7) is 3.40. The molecular formula is C23H23NO3. The van der Waals surface area contributed by atoms with E-state index >= 15 is 0 Å². The van der Waals surface area contributed by atoms with Crippen LogP contribution in [0.1, 0.15) is 16.7 Å². The number of hydrogen-bond donors (Lipinski definition) is 1. The molecule has 4 nitrogen and oxygen atoms in total. The van der Waals surface area contributed by atoms with Gasteiger partial charge in [-0.25, -0.2) is 0 Å². The van der Waals surface area contributed by atoms with Crippen LogP contribution in [0.15, 0.2) is 72.8 Å². The van der Waals surface area contributed by atoms with Crippen molar-refractivity contribution in [3.05, 3.63) is 89.5 Å². The minimum Gasteiger partial charge on any atom is -0.489 e. The van der Waals surface area contributed by atoms with Crippen LogP contribution in [0.2, 0.25) is 0 Å². The zero-order valence-corrected chi connectivity index (χ0v) is 15.2. The summed E-state index contributed by atoms with van der Waals surface area (Å²) in [4.78, 5) is 0. The lowest BCUT2D eigenvalue weighted by molar-refractivity contribution is 0.171. The molecule has 27 heavy (non-hydrogen) atoms. The van der Waals surface area contributed by atoms with Crippen molar-refractivity contribution in [1.82, 2.24) is 5.32 Å². The molecule has 0 radical (unpaired) electrons. The van der Waals surface area contributed by atoms with Crippen LogP contribution in [-0.4, -0.2) is 13.2 Å². The Labute approximate surface area is 159 Å². The summed E-state index contributed by atoms with van der Waals surface area (Å²) in [5, 5.41) is 3.46. The van der Waals surface area contributed by atoms with Crippen molar-refractivity contribution in [1.29, 1.82) is 0 Å². The number of nitrogens with one attached hydrogen (secondary N) is 1. The van der Waals surface area contributed by atoms with Crippen molar-refractivity contribution in [2.75, 3.05) is 13.2 Å². The van der Waals surface area contributed by atoms with E-state index in [1.54, 1.807) is 0 Å². The van der Waals surface area contributed by atoms with Gasteiger partial charge in [0, 0.05) is 13.1 Å². The standard InChI is InChI=1S/C23H23NO3/c1-2-4-18(5-3-1)15-24-16-19-6-9-21(10-7-19)27-17-20-8-11-22-23(14-20)26-13-12-25-22/h1-11,14,24H,12-13,15-17H2. The highest BCUT2D eigenvalue weighted by molar-refractivity contribution is 5.43. The fraction of sp³-hybridized carbons (Fsp3) is 0.217. The summed E-state index contributed by atoms with van der Waals surface area (Å²) < 4.78 is 17.1. The zero-order chi connectivity index (χ0) is 18.3. The fourth-order valence-electron chi connectivity index (χ4n) is 2.99. The van der Waals surface area contributed by atoms with Gasteiger partial charge in [-0.3, -0.25) is 0 Å². The summed E-state index contributed by atoms with van der Waals surface area (Å²) in [6.07, 6.45) is 0. The first-order valence-corrected chi connectivity index (χ1v) is 9.22. The summed E-state index contributed by atoms with van der Waals surface area (Å²) in [5.41, 5.74) is 3.59. The maximum atomic E-state index is 5.90. The number of hydrogen-bond acceptors (Lipinski definition) is 4. The molecule has 4 heteroatoms. The van der Waals surface area contributed by atoms with Crippen molar-refractivity contribution in [3.8, 4) is 17.2 Å². The average molecular weight is 361 g/mol. The maximum Gasteiger partial charge on any atom is 0.161 e. The first-order valence-electron chi connectivity index (χ1n) is 9.22. The van der Waals surface area contributed by atoms with Crippen LogP contribution in [-0.2, 0) is 19.7 Å². The third-order valence-electron chi connectivity index (χ3n) is 4.44. The van der Waals surface area contributed by atoms with Gasteiger partial charge in [0.25, 0.3) is 0 Å². The molecule has 4 rings (SSSR count). The van der Waals surface area contributed by atoms with E-state index in [0.29, 0.717) is 19.8 Å². The van der Waals surface area contributed by atoms with E-state index in [1.807, 2.05) is 36.4 Å². The van der Waals surface area contributed by atoms with Crippen molar-refractivity contribution in [2.45, 2.75) is 19.7 Å². The molecule has 1 heterocycles. The molecule has 3 aromatic rings. The van der Waals surface area contributed by atoms with Crippen molar-refractivity contribution < 1.29 is 14.2 Å². The van der Waals surface area contributed by atoms with Gasteiger partial charge in [-0.05, 0) is 41.0 Å². The van der Waals surface area contributed by atoms with Gasteiger partial charge < -0.3 is 19.5 Å². The second kappa shape index (κ2) is 8.60. The molecule has 3 aromatic carbocycles. The molecule has 1 aliphatic rings. The Morgan fingerprint density at radius 3 is 2.15 bits per heavy atom. The molecule has 0 fully saturated rings. The van der Waals surface area contributed by atoms with Crippen LogP contribution < -0.4 is 19.5 Å². The predicted molar refractivity (Wildman–Crippen MR) is 105 cm³/mol. The average Bonchev–Trinajstić information content (AvgIpc) is 2.74. The molecule has 0 atom stereocenters. The summed E-state index contributed by atoms with van der Waals surface area (Å²) in [5.74, 6) is 2.45. The monoisotopic (exact) mass is 361 g/mol. The molecule has 0 aliphatic carbocycles. The maximum absolute atomic E-state index is 5.90. The highest BCUT2D eigenvalue weighted by atomic mass is 16.6. The van der Waals surface area contributed by atoms with Gasteiger partial charge in [-0.15, -0.1) is 0 Å². The second-order valence-corrected chi connectivity index (χ2v) is 6.50. The van der Waals surface area contributed by atoms with E-state index < -0.39 is 0 Å². The van der Waals surface area contributed by atoms with Crippen LogP contribution in [0.25, 0.3) is 0 Å². The lowest BCUT2D eigenvalue weighted by atomic mass is 10.2. The molecule has 0 unspecified atom stereocenters. The van der Waals surface area contributed by atoms with Gasteiger partial charge in [-0.1, -0.05) is 48.5 Å². The first-order chi connectivity index (χ1) is 13.4. The molecule has 0 amide bonds. The van der Waals surface area contributed by atoms with Gasteiger partial charge in [-0.2, -0.15) is 0 Å². The van der Waals surface area contributed by atoms with Crippen LogP contribution in [0.4, 0.5) is 0 Å². The lowest BCUT2D eigenvalue weighted by Crippen LogP contribution is -2.15. The van der Waals surface area contributed by atoms with Crippen LogP contribution in [0.5, 0.6) is 17.2 Å². The third-order valence-corrected chi connectivity index (χ3v) is 4.44. The molecule has 0 saturated heterocycles. The minimum atomic E-state index is 0.502. The molecule has 1 N–H and O–H groups in total. The Kier molecular flexibility index (Phi) is 5.56. The van der Waals surface area contributed by atoms with E-state index in [2.05, 4.69) is 41.7 Å². The SMILES string of the molecule is c1ccc(CNCc2ccc(OCc3ccc4c(c3)OCCO4)cc2)cc1. The molecule has 0 aromatic heterocycles. The Balaban J connectivity index is 1.26. The minimum absolute atomic E-state index is 0.502.